The van der Waals surface area contributed by atoms with Gasteiger partial charge in [-0.25, -0.2) is 0 Å². The normalized spacial score (nSPS) is 9.65. The van der Waals surface area contributed by atoms with E-state index < -0.39 is 0 Å². The third-order valence-corrected chi connectivity index (χ3v) is 2.21. The minimum atomic E-state index is -0.372. The van der Waals surface area contributed by atoms with Gasteiger partial charge in [0.2, 0.25) is 0 Å². The summed E-state index contributed by atoms with van der Waals surface area (Å²) in [5, 5.41) is 5.64. The number of amides is 1. The molecule has 2 aromatic rings. The number of furan rings is 1. The molecule has 4 nitrogen and oxygen atoms in total. The Hall–Kier alpha value is -2.14. The SMILES string of the molecule is O=C(NC(=S)Nc1ccccc1)c1ccco1. The van der Waals surface area contributed by atoms with Crippen LogP contribution in [0.5, 0.6) is 0 Å². The predicted octanol–water partition coefficient (Wildman–Crippen LogP) is 2.41. The fourth-order valence-corrected chi connectivity index (χ4v) is 1.47. The van der Waals surface area contributed by atoms with E-state index in [2.05, 4.69) is 10.6 Å². The van der Waals surface area contributed by atoms with Crippen molar-refractivity contribution in [2.45, 2.75) is 0 Å². The molecule has 5 heteroatoms. The maximum Gasteiger partial charge on any atom is 0.293 e. The lowest BCUT2D eigenvalue weighted by Crippen LogP contribution is -2.33. The van der Waals surface area contributed by atoms with E-state index in [1.165, 1.54) is 6.26 Å². The van der Waals surface area contributed by atoms with Gasteiger partial charge in [0, 0.05) is 5.69 Å². The smallest absolute Gasteiger partial charge is 0.293 e. The van der Waals surface area contributed by atoms with Crippen LogP contribution < -0.4 is 10.6 Å². The number of hydrogen-bond donors (Lipinski definition) is 2. The van der Waals surface area contributed by atoms with Crippen molar-refractivity contribution in [3.63, 3.8) is 0 Å². The molecular weight excluding hydrogens is 236 g/mol. The molecule has 2 rings (SSSR count). The van der Waals surface area contributed by atoms with Gasteiger partial charge in [-0.3, -0.25) is 10.1 Å². The van der Waals surface area contributed by atoms with Crippen LogP contribution in [0.4, 0.5) is 5.69 Å². The third-order valence-electron chi connectivity index (χ3n) is 2.00. The van der Waals surface area contributed by atoms with E-state index in [0.29, 0.717) is 0 Å². The number of anilines is 1. The van der Waals surface area contributed by atoms with Crippen molar-refractivity contribution in [3.05, 3.63) is 54.5 Å². The molecule has 0 aliphatic rings. The van der Waals surface area contributed by atoms with E-state index in [-0.39, 0.29) is 16.8 Å². The van der Waals surface area contributed by atoms with Crippen LogP contribution in [0.15, 0.2) is 53.1 Å². The second kappa shape index (κ2) is 5.27. The number of nitrogens with one attached hydrogen (secondary N) is 2. The second-order valence-corrected chi connectivity index (χ2v) is 3.66. The summed E-state index contributed by atoms with van der Waals surface area (Å²) >= 11 is 5.00. The van der Waals surface area contributed by atoms with Crippen LogP contribution in [0.3, 0.4) is 0 Å². The summed E-state index contributed by atoms with van der Waals surface area (Å²) in [7, 11) is 0. The summed E-state index contributed by atoms with van der Waals surface area (Å²) < 4.78 is 4.95. The van der Waals surface area contributed by atoms with E-state index in [0.717, 1.165) is 5.69 Å². The number of thiocarbonyl (C=S) groups is 1. The molecule has 1 heterocycles. The van der Waals surface area contributed by atoms with Gasteiger partial charge in [0.05, 0.1) is 6.26 Å². The Kier molecular flexibility index (Phi) is 3.52. The third kappa shape index (κ3) is 3.15. The number of carbonyl (C=O) groups is 1. The van der Waals surface area contributed by atoms with Gasteiger partial charge in [-0.1, -0.05) is 18.2 Å². The molecule has 0 spiro atoms. The molecule has 86 valence electrons. The maximum absolute atomic E-state index is 11.6. The summed E-state index contributed by atoms with van der Waals surface area (Å²) in [6.45, 7) is 0. The second-order valence-electron chi connectivity index (χ2n) is 3.25. The Balaban J connectivity index is 1.92. The number of para-hydroxylation sites is 1. The highest BCUT2D eigenvalue weighted by atomic mass is 32.1. The summed E-state index contributed by atoms with van der Waals surface area (Å²) in [6, 6.07) is 12.6. The number of benzene rings is 1. The zero-order chi connectivity index (χ0) is 12.1. The Morgan fingerprint density at radius 2 is 1.88 bits per heavy atom. The molecule has 1 amide bonds. The molecule has 2 N–H and O–H groups in total. The van der Waals surface area contributed by atoms with E-state index in [9.17, 15) is 4.79 Å². The van der Waals surface area contributed by atoms with Crippen LogP contribution in [0.25, 0.3) is 0 Å². The fourth-order valence-electron chi connectivity index (χ4n) is 1.26. The number of rotatable bonds is 2. The molecule has 0 aliphatic carbocycles. The Labute approximate surface area is 104 Å². The van der Waals surface area contributed by atoms with Gasteiger partial charge in [0.1, 0.15) is 0 Å². The molecule has 0 radical (unpaired) electrons. The van der Waals surface area contributed by atoms with Crippen LogP contribution in [0.2, 0.25) is 0 Å². The van der Waals surface area contributed by atoms with Gasteiger partial charge >= 0.3 is 0 Å². The molecule has 1 aromatic heterocycles. The Morgan fingerprint density at radius 1 is 1.12 bits per heavy atom. The van der Waals surface area contributed by atoms with Crippen LogP contribution in [-0.4, -0.2) is 11.0 Å². The molecule has 0 bridgehead atoms. The minimum Gasteiger partial charge on any atom is -0.459 e. The molecular formula is C12H10N2O2S. The van der Waals surface area contributed by atoms with E-state index in [4.69, 9.17) is 16.6 Å². The Bertz CT molecular complexity index is 509. The molecule has 1 aromatic carbocycles. The first-order chi connectivity index (χ1) is 8.25. The molecule has 17 heavy (non-hydrogen) atoms. The van der Waals surface area contributed by atoms with E-state index in [1.54, 1.807) is 12.1 Å². The van der Waals surface area contributed by atoms with Crippen molar-refractivity contribution in [1.29, 1.82) is 0 Å². The van der Waals surface area contributed by atoms with Crippen LogP contribution in [0.1, 0.15) is 10.6 Å². The highest BCUT2D eigenvalue weighted by Crippen LogP contribution is 2.05. The predicted molar refractivity (Wildman–Crippen MR) is 68.8 cm³/mol. The average Bonchev–Trinajstić information content (AvgIpc) is 2.83. The molecule has 0 saturated carbocycles. The zero-order valence-corrected chi connectivity index (χ0v) is 9.66. The zero-order valence-electron chi connectivity index (χ0n) is 8.84. The van der Waals surface area contributed by atoms with Gasteiger partial charge in [0.15, 0.2) is 10.9 Å². The standard InChI is InChI=1S/C12H10N2O2S/c15-11(10-7-4-8-16-10)14-12(17)13-9-5-2-1-3-6-9/h1-8H,(H2,13,14,15,17). The minimum absolute atomic E-state index is 0.224. The molecule has 0 atom stereocenters. The summed E-state index contributed by atoms with van der Waals surface area (Å²) in [5.41, 5.74) is 0.817. The molecule has 0 aliphatic heterocycles. The first-order valence-corrected chi connectivity index (χ1v) is 5.37. The monoisotopic (exact) mass is 246 g/mol. The quantitative estimate of drug-likeness (QED) is 0.799. The van der Waals surface area contributed by atoms with E-state index >= 15 is 0 Å². The van der Waals surface area contributed by atoms with Crippen LogP contribution in [0, 0.1) is 0 Å². The topological polar surface area (TPSA) is 54.3 Å². The van der Waals surface area contributed by atoms with Crippen molar-refractivity contribution >= 4 is 28.9 Å². The first-order valence-electron chi connectivity index (χ1n) is 4.96. The van der Waals surface area contributed by atoms with Crippen molar-refractivity contribution in [2.75, 3.05) is 5.32 Å². The average molecular weight is 246 g/mol. The van der Waals surface area contributed by atoms with Gasteiger partial charge in [-0.2, -0.15) is 0 Å². The van der Waals surface area contributed by atoms with Gasteiger partial charge < -0.3 is 9.73 Å². The van der Waals surface area contributed by atoms with Gasteiger partial charge in [-0.15, -0.1) is 0 Å². The lowest BCUT2D eigenvalue weighted by atomic mass is 10.3. The van der Waals surface area contributed by atoms with Crippen LogP contribution in [-0.2, 0) is 0 Å². The molecule has 0 unspecified atom stereocenters. The first kappa shape index (κ1) is 11.3. The highest BCUT2D eigenvalue weighted by molar-refractivity contribution is 7.80. The van der Waals surface area contributed by atoms with Gasteiger partial charge in [-0.05, 0) is 36.5 Å². The molecule has 0 saturated heterocycles. The van der Waals surface area contributed by atoms with Crippen LogP contribution >= 0.6 is 12.2 Å². The number of carbonyl (C=O) groups excluding carboxylic acids is 1. The number of hydrogen-bond acceptors (Lipinski definition) is 3. The van der Waals surface area contributed by atoms with Gasteiger partial charge in [0.25, 0.3) is 5.91 Å². The fraction of sp³-hybridized carbons (Fsp3) is 0. The van der Waals surface area contributed by atoms with E-state index in [1.807, 2.05) is 30.3 Å². The largest absolute Gasteiger partial charge is 0.459 e. The molecule has 0 fully saturated rings. The lowest BCUT2D eigenvalue weighted by molar-refractivity contribution is 0.0950. The highest BCUT2D eigenvalue weighted by Gasteiger charge is 2.09. The van der Waals surface area contributed by atoms with Crippen molar-refractivity contribution in [2.24, 2.45) is 0 Å². The van der Waals surface area contributed by atoms with Crippen molar-refractivity contribution in [3.8, 4) is 0 Å². The van der Waals surface area contributed by atoms with Crippen molar-refractivity contribution in [1.82, 2.24) is 5.32 Å². The summed E-state index contributed by atoms with van der Waals surface area (Å²) in [6.07, 6.45) is 1.43. The maximum atomic E-state index is 11.6. The Morgan fingerprint density at radius 3 is 2.53 bits per heavy atom. The van der Waals surface area contributed by atoms with Crippen molar-refractivity contribution < 1.29 is 9.21 Å². The summed E-state index contributed by atoms with van der Waals surface area (Å²) in [4.78, 5) is 11.6. The summed E-state index contributed by atoms with van der Waals surface area (Å²) in [5.74, 6) is -0.148. The lowest BCUT2D eigenvalue weighted by Gasteiger charge is -2.07.